The van der Waals surface area contributed by atoms with Crippen molar-refractivity contribution in [1.82, 2.24) is 20.7 Å². The lowest BCUT2D eigenvalue weighted by Gasteiger charge is -2.17. The molecule has 3 N–H and O–H groups in total. The number of aliphatic carboxylic acids is 1. The van der Waals surface area contributed by atoms with Crippen LogP contribution in [0.25, 0.3) is 0 Å². The van der Waals surface area contributed by atoms with E-state index in [1.807, 2.05) is 13.8 Å². The van der Waals surface area contributed by atoms with Crippen LogP contribution in [0.1, 0.15) is 37.2 Å². The Morgan fingerprint density at radius 1 is 1.50 bits per heavy atom. The fourth-order valence-corrected chi connectivity index (χ4v) is 1.79. The Morgan fingerprint density at radius 3 is 2.72 bits per heavy atom. The molecule has 1 aromatic rings. The summed E-state index contributed by atoms with van der Waals surface area (Å²) in [5, 5.41) is 21.0. The van der Waals surface area contributed by atoms with Gasteiger partial charge >= 0.3 is 5.97 Å². The van der Waals surface area contributed by atoms with Gasteiger partial charge < -0.3 is 10.4 Å². The Balaban J connectivity index is 2.45. The minimum atomic E-state index is -0.851. The monoisotopic (exact) mass is 254 g/mol. The molecule has 1 amide bonds. The molecule has 0 bridgehead atoms. The average molecular weight is 254 g/mol. The Morgan fingerprint density at radius 2 is 2.22 bits per heavy atom. The van der Waals surface area contributed by atoms with Crippen molar-refractivity contribution in [1.29, 1.82) is 0 Å². The normalized spacial score (nSPS) is 12.4. The lowest BCUT2D eigenvalue weighted by molar-refractivity contribution is -0.138. The molecular weight excluding hydrogens is 236 g/mol. The van der Waals surface area contributed by atoms with Crippen LogP contribution in [0.15, 0.2) is 6.20 Å². The standard InChI is InChI=1S/C11H18N4O3/c1-7(2)3-8(4-10(16)17)5-12-11(18)9-6-13-15-14-9/h6-8H,3-5H2,1-2H3,(H,12,18)(H,16,17)(H,13,14,15). The predicted molar refractivity (Wildman–Crippen MR) is 63.9 cm³/mol. The second-order valence-corrected chi connectivity index (χ2v) is 4.66. The number of H-pyrrole nitrogens is 1. The molecule has 0 saturated carbocycles. The summed E-state index contributed by atoms with van der Waals surface area (Å²) < 4.78 is 0. The summed E-state index contributed by atoms with van der Waals surface area (Å²) in [5.74, 6) is -0.879. The topological polar surface area (TPSA) is 108 Å². The number of carboxylic acid groups (broad SMARTS) is 1. The van der Waals surface area contributed by atoms with E-state index in [9.17, 15) is 9.59 Å². The molecular formula is C11H18N4O3. The minimum absolute atomic E-state index is 0.0529. The Labute approximate surface area is 105 Å². The van der Waals surface area contributed by atoms with Crippen LogP contribution in [0.2, 0.25) is 0 Å². The van der Waals surface area contributed by atoms with Crippen LogP contribution in [-0.4, -0.2) is 38.9 Å². The third kappa shape index (κ3) is 4.94. The molecule has 0 aliphatic heterocycles. The number of carbonyl (C=O) groups is 2. The fourth-order valence-electron chi connectivity index (χ4n) is 1.79. The van der Waals surface area contributed by atoms with Crippen LogP contribution in [0, 0.1) is 11.8 Å². The molecule has 0 fully saturated rings. The quantitative estimate of drug-likeness (QED) is 0.662. The second-order valence-electron chi connectivity index (χ2n) is 4.66. The van der Waals surface area contributed by atoms with Crippen molar-refractivity contribution in [3.63, 3.8) is 0 Å². The Bertz CT molecular complexity index is 389. The fraction of sp³-hybridized carbons (Fsp3) is 0.636. The minimum Gasteiger partial charge on any atom is -0.481 e. The number of rotatable bonds is 7. The zero-order valence-corrected chi connectivity index (χ0v) is 10.5. The van der Waals surface area contributed by atoms with Gasteiger partial charge in [-0.1, -0.05) is 13.8 Å². The molecule has 0 aliphatic rings. The van der Waals surface area contributed by atoms with Crippen LogP contribution in [-0.2, 0) is 4.79 Å². The van der Waals surface area contributed by atoms with Gasteiger partial charge in [-0.05, 0) is 18.3 Å². The molecule has 0 aromatic carbocycles. The molecule has 1 unspecified atom stereocenters. The third-order valence-electron chi connectivity index (χ3n) is 2.47. The number of nitrogens with zero attached hydrogens (tertiary/aromatic N) is 2. The highest BCUT2D eigenvalue weighted by atomic mass is 16.4. The number of hydrogen-bond acceptors (Lipinski definition) is 4. The van der Waals surface area contributed by atoms with Crippen LogP contribution < -0.4 is 5.32 Å². The van der Waals surface area contributed by atoms with E-state index in [4.69, 9.17) is 5.11 Å². The number of carboxylic acids is 1. The van der Waals surface area contributed by atoms with E-state index >= 15 is 0 Å². The zero-order chi connectivity index (χ0) is 13.5. The lowest BCUT2D eigenvalue weighted by Crippen LogP contribution is -2.31. The van der Waals surface area contributed by atoms with Gasteiger partial charge in [0.15, 0.2) is 5.69 Å². The highest BCUT2D eigenvalue weighted by molar-refractivity contribution is 5.91. The predicted octanol–water partition coefficient (Wildman–Crippen LogP) is 0.671. The SMILES string of the molecule is CC(C)CC(CNC(=O)c1cn[nH]n1)CC(=O)O. The van der Waals surface area contributed by atoms with Crippen molar-refractivity contribution >= 4 is 11.9 Å². The van der Waals surface area contributed by atoms with Gasteiger partial charge in [0.2, 0.25) is 0 Å². The number of nitrogens with one attached hydrogen (secondary N) is 2. The maximum Gasteiger partial charge on any atom is 0.303 e. The van der Waals surface area contributed by atoms with Crippen molar-refractivity contribution in [2.24, 2.45) is 11.8 Å². The molecule has 1 rings (SSSR count). The Hall–Kier alpha value is -1.92. The largest absolute Gasteiger partial charge is 0.481 e. The molecule has 0 radical (unpaired) electrons. The van der Waals surface area contributed by atoms with E-state index in [2.05, 4.69) is 20.7 Å². The van der Waals surface area contributed by atoms with Crippen LogP contribution in [0.3, 0.4) is 0 Å². The Kier molecular flexibility index (Phi) is 5.29. The van der Waals surface area contributed by atoms with Crippen molar-refractivity contribution in [2.45, 2.75) is 26.7 Å². The number of carbonyl (C=O) groups excluding carboxylic acids is 1. The van der Waals surface area contributed by atoms with Crippen LogP contribution in [0.5, 0.6) is 0 Å². The van der Waals surface area contributed by atoms with E-state index in [0.717, 1.165) is 6.42 Å². The summed E-state index contributed by atoms with van der Waals surface area (Å²) in [4.78, 5) is 22.3. The van der Waals surface area contributed by atoms with Gasteiger partial charge in [-0.2, -0.15) is 15.4 Å². The van der Waals surface area contributed by atoms with Crippen molar-refractivity contribution in [3.05, 3.63) is 11.9 Å². The first kappa shape index (κ1) is 14.1. The molecule has 0 spiro atoms. The summed E-state index contributed by atoms with van der Waals surface area (Å²) in [6.45, 7) is 4.37. The number of aromatic nitrogens is 3. The number of amides is 1. The first-order valence-corrected chi connectivity index (χ1v) is 5.84. The summed E-state index contributed by atoms with van der Waals surface area (Å²) in [7, 11) is 0. The van der Waals surface area contributed by atoms with Gasteiger partial charge in [0.25, 0.3) is 5.91 Å². The van der Waals surface area contributed by atoms with Gasteiger partial charge in [-0.3, -0.25) is 9.59 Å². The van der Waals surface area contributed by atoms with Crippen LogP contribution in [0.4, 0.5) is 0 Å². The van der Waals surface area contributed by atoms with E-state index < -0.39 is 5.97 Å². The zero-order valence-electron chi connectivity index (χ0n) is 10.5. The molecule has 7 heteroatoms. The summed E-state index contributed by atoms with van der Waals surface area (Å²) in [6, 6.07) is 0. The molecule has 100 valence electrons. The van der Waals surface area contributed by atoms with E-state index in [-0.39, 0.29) is 23.9 Å². The average Bonchev–Trinajstić information content (AvgIpc) is 2.77. The first-order valence-electron chi connectivity index (χ1n) is 5.84. The van der Waals surface area contributed by atoms with Crippen molar-refractivity contribution in [3.8, 4) is 0 Å². The molecule has 1 heterocycles. The highest BCUT2D eigenvalue weighted by Crippen LogP contribution is 2.14. The van der Waals surface area contributed by atoms with Gasteiger partial charge in [-0.25, -0.2) is 0 Å². The van der Waals surface area contributed by atoms with Gasteiger partial charge in [0.05, 0.1) is 6.20 Å². The second kappa shape index (κ2) is 6.73. The maximum absolute atomic E-state index is 11.6. The van der Waals surface area contributed by atoms with Gasteiger partial charge in [-0.15, -0.1) is 0 Å². The highest BCUT2D eigenvalue weighted by Gasteiger charge is 2.17. The number of aromatic amines is 1. The summed E-state index contributed by atoms with van der Waals surface area (Å²) >= 11 is 0. The van der Waals surface area contributed by atoms with E-state index in [1.54, 1.807) is 0 Å². The molecule has 7 nitrogen and oxygen atoms in total. The molecule has 18 heavy (non-hydrogen) atoms. The smallest absolute Gasteiger partial charge is 0.303 e. The summed E-state index contributed by atoms with van der Waals surface area (Å²) in [5.41, 5.74) is 0.202. The first-order chi connectivity index (χ1) is 8.49. The summed E-state index contributed by atoms with van der Waals surface area (Å²) in [6.07, 6.45) is 2.13. The van der Waals surface area contributed by atoms with Crippen LogP contribution >= 0.6 is 0 Å². The van der Waals surface area contributed by atoms with Gasteiger partial charge in [0.1, 0.15) is 0 Å². The third-order valence-corrected chi connectivity index (χ3v) is 2.47. The molecule has 1 aromatic heterocycles. The maximum atomic E-state index is 11.6. The van der Waals surface area contributed by atoms with E-state index in [0.29, 0.717) is 12.5 Å². The van der Waals surface area contributed by atoms with Crippen molar-refractivity contribution in [2.75, 3.05) is 6.54 Å². The van der Waals surface area contributed by atoms with Gasteiger partial charge in [0, 0.05) is 13.0 Å². The number of hydrogen-bond donors (Lipinski definition) is 3. The lowest BCUT2D eigenvalue weighted by atomic mass is 9.94. The van der Waals surface area contributed by atoms with Crippen molar-refractivity contribution < 1.29 is 14.7 Å². The van der Waals surface area contributed by atoms with E-state index in [1.165, 1.54) is 6.20 Å². The molecule has 0 saturated heterocycles. The molecule has 0 aliphatic carbocycles. The molecule has 1 atom stereocenters.